The van der Waals surface area contributed by atoms with E-state index in [4.69, 9.17) is 0 Å². The second kappa shape index (κ2) is 7.04. The van der Waals surface area contributed by atoms with Gasteiger partial charge in [-0.15, -0.1) is 0 Å². The summed E-state index contributed by atoms with van der Waals surface area (Å²) in [5.74, 6) is -0.938. The molecule has 1 unspecified atom stereocenters. The minimum absolute atomic E-state index is 0.154. The van der Waals surface area contributed by atoms with Crippen LogP contribution in [0.5, 0.6) is 0 Å². The van der Waals surface area contributed by atoms with Gasteiger partial charge in [-0.3, -0.25) is 9.00 Å². The van der Waals surface area contributed by atoms with Crippen molar-refractivity contribution in [1.29, 1.82) is 0 Å². The first-order chi connectivity index (χ1) is 10.9. The number of ether oxygens (including phenoxy) is 1. The van der Waals surface area contributed by atoms with E-state index < -0.39 is 21.5 Å². The molecule has 2 aromatic carbocycles. The average Bonchev–Trinajstić information content (AvgIpc) is 2.55. The van der Waals surface area contributed by atoms with Crippen LogP contribution < -0.4 is 0 Å². The third kappa shape index (κ3) is 3.85. The van der Waals surface area contributed by atoms with Crippen LogP contribution in [0.15, 0.2) is 48.5 Å². The lowest BCUT2D eigenvalue weighted by Crippen LogP contribution is -2.29. The molecule has 0 aromatic heterocycles. The highest BCUT2D eigenvalue weighted by Gasteiger charge is 2.30. The van der Waals surface area contributed by atoms with Crippen molar-refractivity contribution in [2.24, 2.45) is 0 Å². The van der Waals surface area contributed by atoms with Gasteiger partial charge in [-0.2, -0.15) is 0 Å². The molecular formula is C18H19FO3S. The smallest absolute Gasteiger partial charge is 0.318 e. The molecule has 0 fully saturated rings. The third-order valence-corrected chi connectivity index (χ3v) is 5.68. The van der Waals surface area contributed by atoms with Gasteiger partial charge in [0.1, 0.15) is 11.6 Å². The fourth-order valence-corrected chi connectivity index (χ4v) is 3.32. The zero-order valence-electron chi connectivity index (χ0n) is 13.3. The van der Waals surface area contributed by atoms with Crippen molar-refractivity contribution in [3.63, 3.8) is 0 Å². The molecule has 0 N–H and O–H groups in total. The third-order valence-electron chi connectivity index (χ3n) is 3.81. The van der Waals surface area contributed by atoms with Crippen LogP contribution in [0.2, 0.25) is 0 Å². The summed E-state index contributed by atoms with van der Waals surface area (Å²) in [5, 5.41) is 0. The van der Waals surface area contributed by atoms with Gasteiger partial charge < -0.3 is 4.74 Å². The molecule has 2 aromatic rings. The number of methoxy groups -OCH3 is 1. The molecule has 5 heteroatoms. The van der Waals surface area contributed by atoms with Crippen LogP contribution >= 0.6 is 0 Å². The largest absolute Gasteiger partial charge is 0.468 e. The summed E-state index contributed by atoms with van der Waals surface area (Å²) in [5.41, 5.74) is 2.09. The van der Waals surface area contributed by atoms with Gasteiger partial charge in [0.25, 0.3) is 0 Å². The molecule has 3 nitrogen and oxygen atoms in total. The van der Waals surface area contributed by atoms with Crippen LogP contribution in [0.3, 0.4) is 0 Å². The molecule has 2 rings (SSSR count). The fraction of sp³-hybridized carbons (Fsp3) is 0.278. The number of carbonyl (C=O) groups is 1. The standard InChI is InChI=1S/C18H19FO3S/c1-18(2,23(21)12-17(20)22-3)14-10-8-13(9-11-14)15-6-4-5-7-16(15)19/h4-11H,12H2,1-3H3. The van der Waals surface area contributed by atoms with Crippen molar-refractivity contribution in [2.45, 2.75) is 18.6 Å². The van der Waals surface area contributed by atoms with E-state index in [-0.39, 0.29) is 11.6 Å². The molecule has 0 spiro atoms. The monoisotopic (exact) mass is 334 g/mol. The Morgan fingerprint density at radius 1 is 1.13 bits per heavy atom. The maximum atomic E-state index is 13.8. The van der Waals surface area contributed by atoms with Gasteiger partial charge >= 0.3 is 5.97 Å². The maximum absolute atomic E-state index is 13.8. The van der Waals surface area contributed by atoms with Crippen LogP contribution in [0.25, 0.3) is 11.1 Å². The predicted octanol–water partition coefficient (Wildman–Crippen LogP) is 3.65. The lowest BCUT2D eigenvalue weighted by molar-refractivity contribution is -0.137. The topological polar surface area (TPSA) is 43.4 Å². The second-order valence-electron chi connectivity index (χ2n) is 5.63. The molecule has 0 saturated carbocycles. The van der Waals surface area contributed by atoms with Crippen LogP contribution in [0.1, 0.15) is 19.4 Å². The fourth-order valence-electron chi connectivity index (χ4n) is 2.22. The van der Waals surface area contributed by atoms with Gasteiger partial charge in [0, 0.05) is 16.4 Å². The number of hydrogen-bond acceptors (Lipinski definition) is 3. The molecule has 0 saturated heterocycles. The predicted molar refractivity (Wildman–Crippen MR) is 89.9 cm³/mol. The summed E-state index contributed by atoms with van der Waals surface area (Å²) in [6, 6.07) is 13.8. The highest BCUT2D eigenvalue weighted by molar-refractivity contribution is 7.86. The Morgan fingerprint density at radius 2 is 1.74 bits per heavy atom. The number of halogens is 1. The highest BCUT2D eigenvalue weighted by Crippen LogP contribution is 2.30. The molecule has 0 heterocycles. The molecule has 0 amide bonds. The van der Waals surface area contributed by atoms with E-state index >= 15 is 0 Å². The minimum Gasteiger partial charge on any atom is -0.468 e. The van der Waals surface area contributed by atoms with E-state index in [1.54, 1.807) is 30.3 Å². The van der Waals surface area contributed by atoms with E-state index in [0.717, 1.165) is 11.1 Å². The number of rotatable bonds is 5. The summed E-state index contributed by atoms with van der Waals surface area (Å²) >= 11 is 0. The summed E-state index contributed by atoms with van der Waals surface area (Å²) in [6.45, 7) is 3.62. The first-order valence-corrected chi connectivity index (χ1v) is 8.49. The van der Waals surface area contributed by atoms with Gasteiger partial charge in [-0.25, -0.2) is 4.39 Å². The van der Waals surface area contributed by atoms with E-state index in [9.17, 15) is 13.4 Å². The zero-order valence-corrected chi connectivity index (χ0v) is 14.2. The number of esters is 1. The molecule has 0 aliphatic carbocycles. The highest BCUT2D eigenvalue weighted by atomic mass is 32.2. The normalized spacial score (nSPS) is 12.7. The SMILES string of the molecule is COC(=O)CS(=O)C(C)(C)c1ccc(-c2ccccc2F)cc1. The summed E-state index contributed by atoms with van der Waals surface area (Å²) < 4.78 is 30.1. The minimum atomic E-state index is -1.42. The number of benzene rings is 2. The van der Waals surface area contributed by atoms with Crippen molar-refractivity contribution in [3.05, 3.63) is 59.9 Å². The van der Waals surface area contributed by atoms with Gasteiger partial charge in [0.2, 0.25) is 0 Å². The molecule has 0 aliphatic heterocycles. The van der Waals surface area contributed by atoms with Crippen molar-refractivity contribution in [1.82, 2.24) is 0 Å². The maximum Gasteiger partial charge on any atom is 0.318 e. The van der Waals surface area contributed by atoms with E-state index in [2.05, 4.69) is 4.74 Å². The first-order valence-electron chi connectivity index (χ1n) is 7.17. The molecule has 0 bridgehead atoms. The van der Waals surface area contributed by atoms with Gasteiger partial charge in [0.15, 0.2) is 0 Å². The number of carbonyl (C=O) groups excluding carboxylic acids is 1. The summed E-state index contributed by atoms with van der Waals surface area (Å²) in [6.07, 6.45) is 0. The molecule has 1 atom stereocenters. The van der Waals surface area contributed by atoms with Crippen LogP contribution in [0, 0.1) is 5.82 Å². The Hall–Kier alpha value is -2.01. The molecular weight excluding hydrogens is 315 g/mol. The van der Waals surface area contributed by atoms with Crippen LogP contribution in [-0.4, -0.2) is 23.0 Å². The van der Waals surface area contributed by atoms with Crippen molar-refractivity contribution in [2.75, 3.05) is 12.9 Å². The quantitative estimate of drug-likeness (QED) is 0.784. The van der Waals surface area contributed by atoms with Crippen LogP contribution in [0.4, 0.5) is 4.39 Å². The molecule has 122 valence electrons. The average molecular weight is 334 g/mol. The summed E-state index contributed by atoms with van der Waals surface area (Å²) in [4.78, 5) is 11.3. The zero-order chi connectivity index (χ0) is 17.0. The van der Waals surface area contributed by atoms with Gasteiger partial charge in [0.05, 0.1) is 11.9 Å². The lowest BCUT2D eigenvalue weighted by atomic mass is 9.98. The number of hydrogen-bond donors (Lipinski definition) is 0. The Balaban J connectivity index is 2.26. The van der Waals surface area contributed by atoms with E-state index in [1.807, 2.05) is 26.0 Å². The van der Waals surface area contributed by atoms with E-state index in [0.29, 0.717) is 5.56 Å². The summed E-state index contributed by atoms with van der Waals surface area (Å²) in [7, 11) is -0.142. The Labute approximate surface area is 137 Å². The Bertz CT molecular complexity index is 723. The Kier molecular flexibility index (Phi) is 5.31. The molecule has 23 heavy (non-hydrogen) atoms. The van der Waals surface area contributed by atoms with Gasteiger partial charge in [-0.1, -0.05) is 42.5 Å². The Morgan fingerprint density at radius 3 is 2.30 bits per heavy atom. The van der Waals surface area contributed by atoms with E-state index in [1.165, 1.54) is 13.2 Å². The van der Waals surface area contributed by atoms with Crippen LogP contribution in [-0.2, 0) is 25.1 Å². The van der Waals surface area contributed by atoms with Crippen molar-refractivity contribution >= 4 is 16.8 Å². The van der Waals surface area contributed by atoms with Crippen molar-refractivity contribution < 1.29 is 18.1 Å². The first kappa shape index (κ1) is 17.3. The molecule has 0 aliphatic rings. The van der Waals surface area contributed by atoms with Gasteiger partial charge in [-0.05, 0) is 31.0 Å². The molecule has 0 radical (unpaired) electrons. The second-order valence-corrected chi connectivity index (χ2v) is 7.63. The van der Waals surface area contributed by atoms with Crippen molar-refractivity contribution in [3.8, 4) is 11.1 Å². The lowest BCUT2D eigenvalue weighted by Gasteiger charge is -2.24.